The molecule has 3 aromatic carbocycles. The number of anilines is 2. The van der Waals surface area contributed by atoms with E-state index in [4.69, 9.17) is 4.74 Å². The molecule has 0 aromatic heterocycles. The molecule has 0 saturated heterocycles. The second-order valence-corrected chi connectivity index (χ2v) is 6.45. The van der Waals surface area contributed by atoms with E-state index in [0.717, 1.165) is 16.5 Å². The minimum absolute atomic E-state index is 0.119. The van der Waals surface area contributed by atoms with Crippen LogP contribution in [0.1, 0.15) is 6.92 Å². The van der Waals surface area contributed by atoms with Gasteiger partial charge in [-0.15, -0.1) is 0 Å². The fraction of sp³-hybridized carbons (Fsp3) is 0.190. The SMILES string of the molecule is COc1ccc([N+](=O)[O-])cc1NC(=O)[C@H](C)N(C)c1ccc2ccccc2c1. The van der Waals surface area contributed by atoms with Gasteiger partial charge in [0.05, 0.1) is 17.7 Å². The fourth-order valence-electron chi connectivity index (χ4n) is 2.94. The first-order chi connectivity index (χ1) is 13.4. The first-order valence-electron chi connectivity index (χ1n) is 8.75. The van der Waals surface area contributed by atoms with E-state index >= 15 is 0 Å². The fourth-order valence-corrected chi connectivity index (χ4v) is 2.94. The molecule has 3 aromatic rings. The number of likely N-dealkylation sites (N-methyl/N-ethyl adjacent to an activating group) is 1. The number of methoxy groups -OCH3 is 1. The summed E-state index contributed by atoms with van der Waals surface area (Å²) in [6, 6.07) is 17.6. The molecule has 7 heteroatoms. The summed E-state index contributed by atoms with van der Waals surface area (Å²) in [7, 11) is 3.28. The molecule has 0 saturated carbocycles. The predicted octanol–water partition coefficient (Wildman–Crippen LogP) is 4.22. The number of non-ortho nitro benzene ring substituents is 1. The van der Waals surface area contributed by atoms with Crippen LogP contribution in [0.25, 0.3) is 10.8 Å². The van der Waals surface area contributed by atoms with Gasteiger partial charge in [0.15, 0.2) is 0 Å². The average molecular weight is 379 g/mol. The number of amides is 1. The lowest BCUT2D eigenvalue weighted by atomic mass is 10.1. The normalized spacial score (nSPS) is 11.7. The molecular weight excluding hydrogens is 358 g/mol. The van der Waals surface area contributed by atoms with Crippen LogP contribution in [0.2, 0.25) is 0 Å². The van der Waals surface area contributed by atoms with E-state index in [9.17, 15) is 14.9 Å². The van der Waals surface area contributed by atoms with E-state index in [1.54, 1.807) is 6.92 Å². The lowest BCUT2D eigenvalue weighted by molar-refractivity contribution is -0.384. The summed E-state index contributed by atoms with van der Waals surface area (Å²) < 4.78 is 5.20. The molecule has 0 fully saturated rings. The average Bonchev–Trinajstić information content (AvgIpc) is 2.72. The van der Waals surface area contributed by atoms with Gasteiger partial charge in [0.1, 0.15) is 11.8 Å². The van der Waals surface area contributed by atoms with Crippen molar-refractivity contribution < 1.29 is 14.5 Å². The highest BCUT2D eigenvalue weighted by molar-refractivity contribution is 5.98. The zero-order valence-corrected chi connectivity index (χ0v) is 15.9. The third kappa shape index (κ3) is 3.88. The van der Waals surface area contributed by atoms with Crippen LogP contribution in [-0.2, 0) is 4.79 Å². The Kier molecular flexibility index (Phi) is 5.44. The van der Waals surface area contributed by atoms with E-state index in [1.807, 2.05) is 54.4 Å². The van der Waals surface area contributed by atoms with Gasteiger partial charge in [-0.25, -0.2) is 0 Å². The van der Waals surface area contributed by atoms with Crippen LogP contribution in [0, 0.1) is 10.1 Å². The maximum Gasteiger partial charge on any atom is 0.271 e. The van der Waals surface area contributed by atoms with Gasteiger partial charge in [0.25, 0.3) is 5.69 Å². The Morgan fingerprint density at radius 3 is 2.50 bits per heavy atom. The van der Waals surface area contributed by atoms with E-state index in [2.05, 4.69) is 5.32 Å². The molecule has 0 aliphatic rings. The van der Waals surface area contributed by atoms with Crippen LogP contribution in [-0.4, -0.2) is 31.0 Å². The number of fused-ring (bicyclic) bond motifs is 1. The standard InChI is InChI=1S/C21H21N3O4/c1-14(23(2)17-9-8-15-6-4-5-7-16(15)12-17)21(25)22-19-13-18(24(26)27)10-11-20(19)28-3/h4-14H,1-3H3,(H,22,25)/t14-/m0/s1. The van der Waals surface area contributed by atoms with Crippen molar-refractivity contribution in [3.05, 3.63) is 70.8 Å². The Bertz CT molecular complexity index is 1040. The smallest absolute Gasteiger partial charge is 0.271 e. The van der Waals surface area contributed by atoms with Crippen LogP contribution in [0.15, 0.2) is 60.7 Å². The maximum absolute atomic E-state index is 12.8. The van der Waals surface area contributed by atoms with Crippen molar-refractivity contribution in [2.75, 3.05) is 24.4 Å². The molecule has 3 rings (SSSR count). The summed E-state index contributed by atoms with van der Waals surface area (Å²) in [5.41, 5.74) is 1.04. The molecule has 7 nitrogen and oxygen atoms in total. The molecule has 0 radical (unpaired) electrons. The highest BCUT2D eigenvalue weighted by Crippen LogP contribution is 2.29. The number of rotatable bonds is 6. The molecule has 1 amide bonds. The predicted molar refractivity (Wildman–Crippen MR) is 110 cm³/mol. The quantitative estimate of drug-likeness (QED) is 0.512. The number of nitro groups is 1. The summed E-state index contributed by atoms with van der Waals surface area (Å²) in [5.74, 6) is 0.0639. The van der Waals surface area contributed by atoms with E-state index in [0.29, 0.717) is 5.75 Å². The van der Waals surface area contributed by atoms with Crippen LogP contribution in [0.4, 0.5) is 17.1 Å². The Hall–Kier alpha value is -3.61. The molecule has 28 heavy (non-hydrogen) atoms. The van der Waals surface area contributed by atoms with Gasteiger partial charge in [-0.3, -0.25) is 14.9 Å². The van der Waals surface area contributed by atoms with E-state index < -0.39 is 11.0 Å². The minimum atomic E-state index is -0.514. The van der Waals surface area contributed by atoms with Crippen LogP contribution in [0.5, 0.6) is 5.75 Å². The Morgan fingerprint density at radius 1 is 1.11 bits per heavy atom. The number of nitrogens with one attached hydrogen (secondary N) is 1. The Balaban J connectivity index is 1.81. The zero-order valence-electron chi connectivity index (χ0n) is 15.9. The molecule has 1 atom stereocenters. The second kappa shape index (κ2) is 7.96. The lowest BCUT2D eigenvalue weighted by Crippen LogP contribution is -2.39. The Morgan fingerprint density at radius 2 is 1.82 bits per heavy atom. The summed E-state index contributed by atoms with van der Waals surface area (Å²) >= 11 is 0. The van der Waals surface area contributed by atoms with Crippen LogP contribution >= 0.6 is 0 Å². The molecule has 0 aliphatic carbocycles. The van der Waals surface area contributed by atoms with Crippen molar-refractivity contribution in [3.8, 4) is 5.75 Å². The highest BCUT2D eigenvalue weighted by Gasteiger charge is 2.21. The molecule has 0 spiro atoms. The molecule has 0 aliphatic heterocycles. The largest absolute Gasteiger partial charge is 0.495 e. The topological polar surface area (TPSA) is 84.7 Å². The number of ether oxygens (including phenoxy) is 1. The van der Waals surface area contributed by atoms with Crippen molar-refractivity contribution in [1.82, 2.24) is 0 Å². The minimum Gasteiger partial charge on any atom is -0.495 e. The molecule has 1 N–H and O–H groups in total. The molecule has 0 heterocycles. The van der Waals surface area contributed by atoms with E-state index in [-0.39, 0.29) is 17.3 Å². The number of benzene rings is 3. The van der Waals surface area contributed by atoms with Gasteiger partial charge in [0, 0.05) is 24.9 Å². The highest BCUT2D eigenvalue weighted by atomic mass is 16.6. The monoisotopic (exact) mass is 379 g/mol. The number of hydrogen-bond acceptors (Lipinski definition) is 5. The van der Waals surface area contributed by atoms with Gasteiger partial charge >= 0.3 is 0 Å². The number of carbonyl (C=O) groups excluding carboxylic acids is 1. The summed E-state index contributed by atoms with van der Waals surface area (Å²) in [6.07, 6.45) is 0. The molecule has 144 valence electrons. The van der Waals surface area contributed by atoms with Gasteiger partial charge in [-0.2, -0.15) is 0 Å². The van der Waals surface area contributed by atoms with E-state index in [1.165, 1.54) is 25.3 Å². The van der Waals surface area contributed by atoms with Gasteiger partial charge in [-0.1, -0.05) is 30.3 Å². The number of hydrogen-bond donors (Lipinski definition) is 1. The number of nitrogens with zero attached hydrogens (tertiary/aromatic N) is 2. The summed E-state index contributed by atoms with van der Waals surface area (Å²) in [5, 5.41) is 16.0. The lowest BCUT2D eigenvalue weighted by Gasteiger charge is -2.26. The van der Waals surface area contributed by atoms with Crippen molar-refractivity contribution in [2.24, 2.45) is 0 Å². The first-order valence-corrected chi connectivity index (χ1v) is 8.75. The number of carbonyl (C=O) groups is 1. The van der Waals surface area contributed by atoms with Gasteiger partial charge in [-0.05, 0) is 35.9 Å². The van der Waals surface area contributed by atoms with Crippen LogP contribution < -0.4 is 15.0 Å². The summed E-state index contributed by atoms with van der Waals surface area (Å²) in [4.78, 5) is 25.1. The first kappa shape index (κ1) is 19.2. The van der Waals surface area contributed by atoms with Gasteiger partial charge in [0.2, 0.25) is 5.91 Å². The Labute approximate surface area is 162 Å². The third-order valence-electron chi connectivity index (χ3n) is 4.75. The van der Waals surface area contributed by atoms with Crippen molar-refractivity contribution in [1.29, 1.82) is 0 Å². The van der Waals surface area contributed by atoms with Crippen molar-refractivity contribution in [3.63, 3.8) is 0 Å². The summed E-state index contributed by atoms with van der Waals surface area (Å²) in [6.45, 7) is 1.77. The molecular formula is C21H21N3O4. The van der Waals surface area contributed by atoms with Gasteiger partial charge < -0.3 is 15.0 Å². The number of nitro benzene ring substituents is 1. The van der Waals surface area contributed by atoms with Crippen molar-refractivity contribution >= 4 is 33.7 Å². The second-order valence-electron chi connectivity index (χ2n) is 6.45. The molecule has 0 bridgehead atoms. The van der Waals surface area contributed by atoms with Crippen molar-refractivity contribution in [2.45, 2.75) is 13.0 Å². The van der Waals surface area contributed by atoms with Crippen LogP contribution in [0.3, 0.4) is 0 Å². The maximum atomic E-state index is 12.8. The molecule has 0 unspecified atom stereocenters. The zero-order chi connectivity index (χ0) is 20.3. The third-order valence-corrected chi connectivity index (χ3v) is 4.75.